The van der Waals surface area contributed by atoms with Crippen LogP contribution < -0.4 is 10.1 Å². The summed E-state index contributed by atoms with van der Waals surface area (Å²) in [5.74, 6) is -7.25. The number of alkyl halides is 8. The first kappa shape index (κ1) is 20.0. The van der Waals surface area contributed by atoms with E-state index < -0.39 is 41.1 Å². The molecule has 0 aliphatic carbocycles. The van der Waals surface area contributed by atoms with Crippen LogP contribution in [0.5, 0.6) is 5.75 Å². The summed E-state index contributed by atoms with van der Waals surface area (Å²) in [5.41, 5.74) is -6.20. The van der Waals surface area contributed by atoms with E-state index in [0.29, 0.717) is 12.1 Å². The second-order valence-electron chi connectivity index (χ2n) is 4.83. The van der Waals surface area contributed by atoms with Crippen molar-refractivity contribution in [1.29, 1.82) is 0 Å². The Morgan fingerprint density at radius 3 is 1.88 bits per heavy atom. The van der Waals surface area contributed by atoms with Crippen molar-refractivity contribution in [2.75, 3.05) is 7.05 Å². The standard InChI is InChI=1S/C13H11F8NO2/c1-10(12(16,17)18,11(14,15)13(19,20)21)7-5-3-4-6-8(7)24-9(23)22-2/h3-6H,1-2H3,(H,22,23). The van der Waals surface area contributed by atoms with E-state index in [-0.39, 0.29) is 6.92 Å². The lowest BCUT2D eigenvalue weighted by Crippen LogP contribution is -2.60. The highest BCUT2D eigenvalue weighted by Gasteiger charge is 2.78. The molecule has 1 rings (SSSR count). The number of para-hydroxylation sites is 1. The molecule has 1 atom stereocenters. The molecule has 11 heteroatoms. The van der Waals surface area contributed by atoms with E-state index in [2.05, 4.69) is 4.74 Å². The van der Waals surface area contributed by atoms with E-state index in [0.717, 1.165) is 19.2 Å². The zero-order valence-corrected chi connectivity index (χ0v) is 12.1. The number of rotatable bonds is 3. The topological polar surface area (TPSA) is 38.3 Å². The Morgan fingerprint density at radius 2 is 1.46 bits per heavy atom. The molecule has 3 nitrogen and oxygen atoms in total. The van der Waals surface area contributed by atoms with Crippen molar-refractivity contribution in [3.05, 3.63) is 29.8 Å². The summed E-state index contributed by atoms with van der Waals surface area (Å²) in [6, 6.07) is 2.92. The molecule has 0 aliphatic rings. The van der Waals surface area contributed by atoms with Gasteiger partial charge in [0, 0.05) is 12.6 Å². The van der Waals surface area contributed by atoms with Gasteiger partial charge in [-0.15, -0.1) is 0 Å². The number of amides is 1. The highest BCUT2D eigenvalue weighted by molar-refractivity contribution is 5.70. The molecule has 0 spiro atoms. The molecule has 1 aromatic carbocycles. The molecule has 0 bridgehead atoms. The number of hydrogen-bond donors (Lipinski definition) is 1. The minimum absolute atomic E-state index is 0.299. The van der Waals surface area contributed by atoms with Crippen LogP contribution in [0.1, 0.15) is 12.5 Å². The third-order valence-corrected chi connectivity index (χ3v) is 3.38. The van der Waals surface area contributed by atoms with E-state index in [1.165, 1.54) is 0 Å². The van der Waals surface area contributed by atoms with Crippen LogP contribution in [0.2, 0.25) is 0 Å². The van der Waals surface area contributed by atoms with Crippen molar-refractivity contribution >= 4 is 6.09 Å². The van der Waals surface area contributed by atoms with Crippen LogP contribution >= 0.6 is 0 Å². The van der Waals surface area contributed by atoms with Crippen molar-refractivity contribution in [3.63, 3.8) is 0 Å². The second kappa shape index (κ2) is 6.10. The normalized spacial score (nSPS) is 15.6. The lowest BCUT2D eigenvalue weighted by Gasteiger charge is -2.40. The van der Waals surface area contributed by atoms with Crippen LogP contribution in [0.15, 0.2) is 24.3 Å². The van der Waals surface area contributed by atoms with Crippen LogP contribution in [-0.2, 0) is 5.41 Å². The maximum Gasteiger partial charge on any atom is 0.454 e. The Labute approximate surface area is 130 Å². The summed E-state index contributed by atoms with van der Waals surface area (Å²) in [6.07, 6.45) is -13.8. The van der Waals surface area contributed by atoms with E-state index in [4.69, 9.17) is 0 Å². The van der Waals surface area contributed by atoms with Crippen molar-refractivity contribution in [2.24, 2.45) is 0 Å². The van der Waals surface area contributed by atoms with Gasteiger partial charge in [0.1, 0.15) is 5.75 Å². The number of nitrogens with one attached hydrogen (secondary N) is 1. The Morgan fingerprint density at radius 1 is 0.958 bits per heavy atom. The summed E-state index contributed by atoms with van der Waals surface area (Å²) >= 11 is 0. The van der Waals surface area contributed by atoms with Crippen LogP contribution in [-0.4, -0.2) is 31.4 Å². The fourth-order valence-electron chi connectivity index (χ4n) is 1.90. The molecule has 0 aromatic heterocycles. The first-order valence-electron chi connectivity index (χ1n) is 6.20. The first-order valence-corrected chi connectivity index (χ1v) is 6.20. The minimum atomic E-state index is -6.49. The van der Waals surface area contributed by atoms with Gasteiger partial charge in [-0.1, -0.05) is 18.2 Å². The third-order valence-electron chi connectivity index (χ3n) is 3.38. The molecular weight excluding hydrogens is 354 g/mol. The quantitative estimate of drug-likeness (QED) is 0.806. The average Bonchev–Trinajstić information content (AvgIpc) is 2.44. The number of carbonyl (C=O) groups excluding carboxylic acids is 1. The van der Waals surface area contributed by atoms with Gasteiger partial charge in [0.15, 0.2) is 5.41 Å². The molecule has 0 radical (unpaired) electrons. The van der Waals surface area contributed by atoms with Gasteiger partial charge in [-0.25, -0.2) is 4.79 Å². The molecule has 0 fully saturated rings. The molecular formula is C13H11F8NO2. The highest BCUT2D eigenvalue weighted by atomic mass is 19.4. The van der Waals surface area contributed by atoms with Crippen LogP contribution in [0.3, 0.4) is 0 Å². The van der Waals surface area contributed by atoms with Crippen LogP contribution in [0.4, 0.5) is 39.9 Å². The molecule has 1 N–H and O–H groups in total. The molecule has 1 unspecified atom stereocenters. The molecule has 136 valence electrons. The fourth-order valence-corrected chi connectivity index (χ4v) is 1.90. The average molecular weight is 365 g/mol. The van der Waals surface area contributed by atoms with Crippen molar-refractivity contribution < 1.29 is 44.7 Å². The third kappa shape index (κ3) is 3.11. The van der Waals surface area contributed by atoms with Crippen molar-refractivity contribution in [2.45, 2.75) is 30.6 Å². The summed E-state index contributed by atoms with van der Waals surface area (Å²) in [5, 5.41) is 1.85. The summed E-state index contributed by atoms with van der Waals surface area (Å²) in [7, 11) is 1.03. The smallest absolute Gasteiger partial charge is 0.410 e. The van der Waals surface area contributed by atoms with Gasteiger partial charge in [-0.3, -0.25) is 0 Å². The lowest BCUT2D eigenvalue weighted by atomic mass is 9.75. The highest BCUT2D eigenvalue weighted by Crippen LogP contribution is 2.58. The first-order chi connectivity index (χ1) is 10.7. The zero-order valence-electron chi connectivity index (χ0n) is 12.1. The van der Waals surface area contributed by atoms with Crippen LogP contribution in [0, 0.1) is 0 Å². The maximum atomic E-state index is 13.8. The minimum Gasteiger partial charge on any atom is -0.410 e. The Kier molecular flexibility index (Phi) is 5.07. The summed E-state index contributed by atoms with van der Waals surface area (Å²) < 4.78 is 110. The van der Waals surface area contributed by atoms with E-state index in [1.807, 2.05) is 5.32 Å². The van der Waals surface area contributed by atoms with Crippen molar-refractivity contribution in [1.82, 2.24) is 5.32 Å². The molecule has 1 amide bonds. The largest absolute Gasteiger partial charge is 0.454 e. The number of benzene rings is 1. The van der Waals surface area contributed by atoms with Gasteiger partial charge in [-0.05, 0) is 13.0 Å². The number of ether oxygens (including phenoxy) is 1. The molecule has 0 aliphatic heterocycles. The Balaban J connectivity index is 3.70. The molecule has 0 saturated heterocycles. The summed E-state index contributed by atoms with van der Waals surface area (Å²) in [4.78, 5) is 11.1. The van der Waals surface area contributed by atoms with Gasteiger partial charge < -0.3 is 10.1 Å². The van der Waals surface area contributed by atoms with Crippen molar-refractivity contribution in [3.8, 4) is 5.75 Å². The van der Waals surface area contributed by atoms with Gasteiger partial charge in [0.05, 0.1) is 0 Å². The van der Waals surface area contributed by atoms with Gasteiger partial charge >= 0.3 is 24.4 Å². The number of halogens is 8. The zero-order chi connectivity index (χ0) is 19.0. The molecule has 0 heterocycles. The SMILES string of the molecule is CNC(=O)Oc1ccccc1C(C)(C(F)(F)F)C(F)(F)C(F)(F)F. The predicted octanol–water partition coefficient (Wildman–Crippen LogP) is 4.42. The second-order valence-corrected chi connectivity index (χ2v) is 4.83. The molecule has 1 aromatic rings. The van der Waals surface area contributed by atoms with Gasteiger partial charge in [0.2, 0.25) is 0 Å². The van der Waals surface area contributed by atoms with Gasteiger partial charge in [-0.2, -0.15) is 35.1 Å². The van der Waals surface area contributed by atoms with E-state index in [1.54, 1.807) is 0 Å². The van der Waals surface area contributed by atoms with E-state index >= 15 is 0 Å². The monoisotopic (exact) mass is 365 g/mol. The fraction of sp³-hybridized carbons (Fsp3) is 0.462. The maximum absolute atomic E-state index is 13.8. The summed E-state index contributed by atoms with van der Waals surface area (Å²) in [6.45, 7) is -0.299. The predicted molar refractivity (Wildman–Crippen MR) is 65.9 cm³/mol. The van der Waals surface area contributed by atoms with Crippen LogP contribution in [0.25, 0.3) is 0 Å². The lowest BCUT2D eigenvalue weighted by molar-refractivity contribution is -0.354. The van der Waals surface area contributed by atoms with E-state index in [9.17, 15) is 39.9 Å². The Hall–Kier alpha value is -2.07. The van der Waals surface area contributed by atoms with Gasteiger partial charge in [0.25, 0.3) is 0 Å². The Bertz CT molecular complexity index is 611. The number of hydrogen-bond acceptors (Lipinski definition) is 2. The molecule has 0 saturated carbocycles. The molecule has 24 heavy (non-hydrogen) atoms. The number of carbonyl (C=O) groups is 1.